The molecular formula is C15H19FN2O2S. The van der Waals surface area contributed by atoms with Crippen molar-refractivity contribution >= 4 is 10.0 Å². The van der Waals surface area contributed by atoms with Gasteiger partial charge in [0.2, 0.25) is 10.0 Å². The number of benzene rings is 1. The Morgan fingerprint density at radius 3 is 2.81 bits per heavy atom. The van der Waals surface area contributed by atoms with Gasteiger partial charge in [-0.2, -0.15) is 4.31 Å². The molecule has 0 spiro atoms. The Hall–Kier alpha value is -1.42. The summed E-state index contributed by atoms with van der Waals surface area (Å²) in [6, 6.07) is 3.83. The molecular weight excluding hydrogens is 291 g/mol. The first-order chi connectivity index (χ1) is 9.98. The van der Waals surface area contributed by atoms with Crippen LogP contribution in [-0.4, -0.2) is 32.4 Å². The van der Waals surface area contributed by atoms with Crippen LogP contribution in [0.25, 0.3) is 0 Å². The number of rotatable bonds is 3. The summed E-state index contributed by atoms with van der Waals surface area (Å²) < 4.78 is 40.3. The fourth-order valence-electron chi connectivity index (χ4n) is 2.40. The van der Waals surface area contributed by atoms with Gasteiger partial charge in [0.1, 0.15) is 5.82 Å². The second-order valence-electron chi connectivity index (χ2n) is 5.07. The third-order valence-corrected chi connectivity index (χ3v) is 5.59. The van der Waals surface area contributed by atoms with E-state index in [2.05, 4.69) is 11.8 Å². The van der Waals surface area contributed by atoms with E-state index < -0.39 is 15.8 Å². The number of nitrogens with zero attached hydrogens (tertiary/aromatic N) is 1. The van der Waals surface area contributed by atoms with E-state index in [-0.39, 0.29) is 17.0 Å². The number of hydrogen-bond donors (Lipinski definition) is 1. The Labute approximate surface area is 125 Å². The maximum atomic E-state index is 13.9. The van der Waals surface area contributed by atoms with Crippen LogP contribution in [0.3, 0.4) is 0 Å². The van der Waals surface area contributed by atoms with Crippen LogP contribution < -0.4 is 5.73 Å². The molecule has 6 heteroatoms. The summed E-state index contributed by atoms with van der Waals surface area (Å²) in [5.41, 5.74) is 5.40. The van der Waals surface area contributed by atoms with Crippen molar-refractivity contribution in [3.05, 3.63) is 29.6 Å². The van der Waals surface area contributed by atoms with Gasteiger partial charge in [0.25, 0.3) is 0 Å². The van der Waals surface area contributed by atoms with Crippen LogP contribution in [0.15, 0.2) is 23.1 Å². The van der Waals surface area contributed by atoms with E-state index in [1.165, 1.54) is 16.4 Å². The van der Waals surface area contributed by atoms with Gasteiger partial charge in [0, 0.05) is 13.1 Å². The van der Waals surface area contributed by atoms with Gasteiger partial charge in [0.15, 0.2) is 0 Å². The number of nitrogens with two attached hydrogens (primary N) is 1. The third kappa shape index (κ3) is 3.43. The van der Waals surface area contributed by atoms with Gasteiger partial charge in [-0.25, -0.2) is 12.8 Å². The van der Waals surface area contributed by atoms with Gasteiger partial charge in [0.05, 0.1) is 17.0 Å². The normalized spacial score (nSPS) is 19.3. The molecule has 1 fully saturated rings. The maximum absolute atomic E-state index is 13.9. The van der Waals surface area contributed by atoms with Crippen LogP contribution >= 0.6 is 0 Å². The zero-order valence-corrected chi connectivity index (χ0v) is 12.8. The van der Waals surface area contributed by atoms with E-state index in [4.69, 9.17) is 5.73 Å². The van der Waals surface area contributed by atoms with Crippen molar-refractivity contribution in [1.82, 2.24) is 4.31 Å². The van der Waals surface area contributed by atoms with E-state index >= 15 is 0 Å². The molecule has 1 aliphatic rings. The van der Waals surface area contributed by atoms with Gasteiger partial charge in [-0.1, -0.05) is 25.2 Å². The van der Waals surface area contributed by atoms with Crippen molar-refractivity contribution in [2.24, 2.45) is 11.7 Å². The summed E-state index contributed by atoms with van der Waals surface area (Å²) in [5, 5.41) is 0. The van der Waals surface area contributed by atoms with Crippen molar-refractivity contribution in [2.75, 3.05) is 19.6 Å². The van der Waals surface area contributed by atoms with Crippen LogP contribution in [0.2, 0.25) is 0 Å². The highest BCUT2D eigenvalue weighted by Crippen LogP contribution is 2.26. The predicted molar refractivity (Wildman–Crippen MR) is 79.5 cm³/mol. The molecule has 0 saturated carbocycles. The first-order valence-electron chi connectivity index (χ1n) is 6.97. The molecule has 1 aromatic carbocycles. The fourth-order valence-corrected chi connectivity index (χ4v) is 3.95. The van der Waals surface area contributed by atoms with Crippen molar-refractivity contribution < 1.29 is 12.8 Å². The average molecular weight is 310 g/mol. The molecule has 2 N–H and O–H groups in total. The average Bonchev–Trinajstić information content (AvgIpc) is 2.95. The van der Waals surface area contributed by atoms with Gasteiger partial charge in [-0.3, -0.25) is 0 Å². The molecule has 1 atom stereocenters. The molecule has 1 aromatic rings. The highest BCUT2D eigenvalue weighted by Gasteiger charge is 2.32. The Morgan fingerprint density at radius 1 is 1.48 bits per heavy atom. The molecule has 21 heavy (non-hydrogen) atoms. The SMILES string of the molecule is CCC1CCN(S(=O)(=O)c2ccc(C#CCN)c(F)c2)C1. The molecule has 0 bridgehead atoms. The lowest BCUT2D eigenvalue weighted by molar-refractivity contribution is 0.452. The van der Waals surface area contributed by atoms with Crippen molar-refractivity contribution in [1.29, 1.82) is 0 Å². The number of hydrogen-bond acceptors (Lipinski definition) is 3. The monoisotopic (exact) mass is 310 g/mol. The minimum atomic E-state index is -3.62. The van der Waals surface area contributed by atoms with E-state index in [0.29, 0.717) is 19.0 Å². The van der Waals surface area contributed by atoms with Gasteiger partial charge >= 0.3 is 0 Å². The molecule has 0 aliphatic carbocycles. The minimum Gasteiger partial charge on any atom is -0.320 e. The lowest BCUT2D eigenvalue weighted by atomic mass is 10.1. The van der Waals surface area contributed by atoms with Gasteiger partial charge in [-0.15, -0.1) is 0 Å². The van der Waals surface area contributed by atoms with Crippen molar-refractivity contribution in [2.45, 2.75) is 24.7 Å². The Morgan fingerprint density at radius 2 is 2.24 bits per heavy atom. The zero-order valence-electron chi connectivity index (χ0n) is 12.0. The maximum Gasteiger partial charge on any atom is 0.243 e. The molecule has 1 heterocycles. The molecule has 0 amide bonds. The molecule has 4 nitrogen and oxygen atoms in total. The highest BCUT2D eigenvalue weighted by atomic mass is 32.2. The summed E-state index contributed by atoms with van der Waals surface area (Å²) in [6.45, 7) is 3.18. The first-order valence-corrected chi connectivity index (χ1v) is 8.41. The molecule has 1 aliphatic heterocycles. The minimum absolute atomic E-state index is 0.0185. The van der Waals surface area contributed by atoms with Gasteiger partial charge < -0.3 is 5.73 Å². The molecule has 0 aromatic heterocycles. The molecule has 0 radical (unpaired) electrons. The summed E-state index contributed by atoms with van der Waals surface area (Å²) in [7, 11) is -3.62. The van der Waals surface area contributed by atoms with Crippen LogP contribution in [0.4, 0.5) is 4.39 Å². The quantitative estimate of drug-likeness (QED) is 0.862. The van der Waals surface area contributed by atoms with Crippen molar-refractivity contribution in [3.63, 3.8) is 0 Å². The summed E-state index contributed by atoms with van der Waals surface area (Å²) in [5.74, 6) is 4.88. The second-order valence-corrected chi connectivity index (χ2v) is 7.01. The Balaban J connectivity index is 2.27. The van der Waals surface area contributed by atoms with Gasteiger partial charge in [-0.05, 0) is 30.5 Å². The molecule has 1 saturated heterocycles. The predicted octanol–water partition coefficient (Wildman–Crippen LogP) is 1.56. The number of halogens is 1. The summed E-state index contributed by atoms with van der Waals surface area (Å²) >= 11 is 0. The number of sulfonamides is 1. The molecule has 1 unspecified atom stereocenters. The lowest BCUT2D eigenvalue weighted by Gasteiger charge is -2.16. The zero-order chi connectivity index (χ0) is 15.5. The smallest absolute Gasteiger partial charge is 0.243 e. The Bertz CT molecular complexity index is 677. The lowest BCUT2D eigenvalue weighted by Crippen LogP contribution is -2.29. The fraction of sp³-hybridized carbons (Fsp3) is 0.467. The van der Waals surface area contributed by atoms with Crippen LogP contribution in [0, 0.1) is 23.6 Å². The van der Waals surface area contributed by atoms with Crippen LogP contribution in [0.5, 0.6) is 0 Å². The summed E-state index contributed by atoms with van der Waals surface area (Å²) in [4.78, 5) is -0.0185. The Kier molecular flexibility index (Phi) is 4.99. The third-order valence-electron chi connectivity index (χ3n) is 3.73. The van der Waals surface area contributed by atoms with Crippen LogP contribution in [-0.2, 0) is 10.0 Å². The van der Waals surface area contributed by atoms with Crippen LogP contribution in [0.1, 0.15) is 25.3 Å². The highest BCUT2D eigenvalue weighted by molar-refractivity contribution is 7.89. The van der Waals surface area contributed by atoms with E-state index in [1.807, 2.05) is 6.92 Å². The summed E-state index contributed by atoms with van der Waals surface area (Å²) in [6.07, 6.45) is 1.81. The largest absolute Gasteiger partial charge is 0.320 e. The van der Waals surface area contributed by atoms with E-state index in [1.54, 1.807) is 0 Å². The standard InChI is InChI=1S/C15H19FN2O2S/c1-2-12-7-9-18(11-12)21(19,20)14-6-5-13(4-3-8-17)15(16)10-14/h5-6,10,12H,2,7-9,11,17H2,1H3. The van der Waals surface area contributed by atoms with E-state index in [0.717, 1.165) is 18.9 Å². The molecule has 2 rings (SSSR count). The topological polar surface area (TPSA) is 63.4 Å². The van der Waals surface area contributed by atoms with Crippen molar-refractivity contribution in [3.8, 4) is 11.8 Å². The molecule has 114 valence electrons. The second kappa shape index (κ2) is 6.56. The van der Waals surface area contributed by atoms with E-state index in [9.17, 15) is 12.8 Å². The first kappa shape index (κ1) is 16.0.